The van der Waals surface area contributed by atoms with Crippen LogP contribution in [-0.2, 0) is 10.2 Å². The van der Waals surface area contributed by atoms with E-state index in [0.29, 0.717) is 13.1 Å². The van der Waals surface area contributed by atoms with Crippen LogP contribution in [0, 0.1) is 0 Å². The largest absolute Gasteiger partial charge is 0.279 e. The van der Waals surface area contributed by atoms with Crippen molar-refractivity contribution in [3.8, 4) is 0 Å². The van der Waals surface area contributed by atoms with Gasteiger partial charge < -0.3 is 0 Å². The highest BCUT2D eigenvalue weighted by Crippen LogP contribution is 2.18. The van der Waals surface area contributed by atoms with Crippen molar-refractivity contribution in [1.29, 1.82) is 0 Å². The summed E-state index contributed by atoms with van der Waals surface area (Å²) >= 11 is 0. The Bertz CT molecular complexity index is 251. The zero-order valence-corrected chi connectivity index (χ0v) is 9.10. The molecule has 0 aromatic carbocycles. The molecule has 5 heteroatoms. The van der Waals surface area contributed by atoms with Crippen LogP contribution in [0.3, 0.4) is 0 Å². The summed E-state index contributed by atoms with van der Waals surface area (Å²) in [5.41, 5.74) is 0. The third kappa shape index (κ3) is 2.65. The molecule has 0 saturated carbocycles. The Morgan fingerprint density at radius 1 is 1.46 bits per heavy atom. The number of nitrogens with one attached hydrogen (secondary N) is 1. The summed E-state index contributed by atoms with van der Waals surface area (Å²) in [6, 6.07) is 0.151. The average Bonchev–Trinajstić information content (AvgIpc) is 2.04. The molecule has 1 aliphatic rings. The second-order valence-electron chi connectivity index (χ2n) is 3.46. The summed E-state index contributed by atoms with van der Waals surface area (Å²) in [5.74, 6) is 0. The lowest BCUT2D eigenvalue weighted by Gasteiger charge is -2.31. The molecule has 0 radical (unpaired) electrons. The van der Waals surface area contributed by atoms with Gasteiger partial charge in [-0.3, -0.25) is 0 Å². The number of nitrogens with zero attached hydrogens (tertiary/aromatic N) is 1. The van der Waals surface area contributed by atoms with Gasteiger partial charge in [0.1, 0.15) is 0 Å². The van der Waals surface area contributed by atoms with Gasteiger partial charge in [0.15, 0.2) is 0 Å². The van der Waals surface area contributed by atoms with Crippen LogP contribution in [0.1, 0.15) is 33.1 Å². The smallest absolute Gasteiger partial charge is 0.202 e. The molecule has 13 heavy (non-hydrogen) atoms. The first kappa shape index (κ1) is 10.9. The summed E-state index contributed by atoms with van der Waals surface area (Å²) in [7, 11) is -3.20. The minimum absolute atomic E-state index is 0.151. The van der Waals surface area contributed by atoms with Crippen molar-refractivity contribution in [2.45, 2.75) is 39.2 Å². The van der Waals surface area contributed by atoms with Gasteiger partial charge in [0.2, 0.25) is 0 Å². The topological polar surface area (TPSA) is 49.4 Å². The lowest BCUT2D eigenvalue weighted by Crippen LogP contribution is -2.47. The van der Waals surface area contributed by atoms with Gasteiger partial charge in [-0.2, -0.15) is 12.7 Å². The monoisotopic (exact) mass is 206 g/mol. The van der Waals surface area contributed by atoms with Gasteiger partial charge in [-0.15, -0.1) is 0 Å². The molecule has 0 aromatic heterocycles. The molecule has 1 aliphatic heterocycles. The molecule has 0 aromatic rings. The Morgan fingerprint density at radius 3 is 2.69 bits per heavy atom. The Morgan fingerprint density at radius 2 is 2.15 bits per heavy atom. The minimum atomic E-state index is -3.20. The lowest BCUT2D eigenvalue weighted by molar-refractivity contribution is 0.265. The molecule has 1 rings (SSSR count). The average molecular weight is 206 g/mol. The molecular formula is C8H18N2O2S. The van der Waals surface area contributed by atoms with Gasteiger partial charge in [0.25, 0.3) is 10.2 Å². The van der Waals surface area contributed by atoms with Gasteiger partial charge >= 0.3 is 0 Å². The predicted molar refractivity (Wildman–Crippen MR) is 52.6 cm³/mol. The molecular weight excluding hydrogens is 188 g/mol. The highest BCUT2D eigenvalue weighted by Gasteiger charge is 2.28. The van der Waals surface area contributed by atoms with Crippen LogP contribution < -0.4 is 4.72 Å². The van der Waals surface area contributed by atoms with Crippen LogP contribution in [0.25, 0.3) is 0 Å². The highest BCUT2D eigenvalue weighted by atomic mass is 32.2. The van der Waals surface area contributed by atoms with Crippen molar-refractivity contribution in [3.63, 3.8) is 0 Å². The molecule has 1 heterocycles. The SMILES string of the molecule is CCNS(=O)(=O)N1CCCCC1C. The van der Waals surface area contributed by atoms with Crippen molar-refractivity contribution in [3.05, 3.63) is 0 Å². The quantitative estimate of drug-likeness (QED) is 0.739. The zero-order chi connectivity index (χ0) is 9.90. The Hall–Kier alpha value is -0.130. The molecule has 1 atom stereocenters. The standard InChI is InChI=1S/C8H18N2O2S/c1-3-9-13(11,12)10-7-5-4-6-8(10)2/h8-9H,3-7H2,1-2H3. The van der Waals surface area contributed by atoms with Crippen LogP contribution in [0.2, 0.25) is 0 Å². The van der Waals surface area contributed by atoms with Crippen LogP contribution in [-0.4, -0.2) is 31.9 Å². The Kier molecular flexibility index (Phi) is 3.70. The first-order chi connectivity index (χ1) is 6.08. The molecule has 1 saturated heterocycles. The van der Waals surface area contributed by atoms with E-state index >= 15 is 0 Å². The van der Waals surface area contributed by atoms with E-state index in [1.165, 1.54) is 0 Å². The van der Waals surface area contributed by atoms with Crippen LogP contribution in [0.15, 0.2) is 0 Å². The lowest BCUT2D eigenvalue weighted by atomic mass is 10.1. The van der Waals surface area contributed by atoms with E-state index in [-0.39, 0.29) is 6.04 Å². The predicted octanol–water partition coefficient (Wildman–Crippen LogP) is 0.715. The fourth-order valence-corrected chi connectivity index (χ4v) is 3.17. The molecule has 0 bridgehead atoms. The zero-order valence-electron chi connectivity index (χ0n) is 8.28. The van der Waals surface area contributed by atoms with Gasteiger partial charge in [-0.25, -0.2) is 4.72 Å². The molecule has 78 valence electrons. The van der Waals surface area contributed by atoms with E-state index in [0.717, 1.165) is 19.3 Å². The second kappa shape index (κ2) is 4.39. The molecule has 1 N–H and O–H groups in total. The van der Waals surface area contributed by atoms with Crippen LogP contribution >= 0.6 is 0 Å². The maximum atomic E-state index is 11.6. The Balaban J connectivity index is 2.68. The first-order valence-electron chi connectivity index (χ1n) is 4.84. The summed E-state index contributed by atoms with van der Waals surface area (Å²) < 4.78 is 27.3. The van der Waals surface area contributed by atoms with Crippen molar-refractivity contribution in [2.75, 3.05) is 13.1 Å². The third-order valence-corrected chi connectivity index (χ3v) is 4.19. The van der Waals surface area contributed by atoms with E-state index < -0.39 is 10.2 Å². The van der Waals surface area contributed by atoms with E-state index in [1.807, 2.05) is 6.92 Å². The Labute approximate surface area is 80.5 Å². The number of piperidine rings is 1. The molecule has 0 aliphatic carbocycles. The maximum Gasteiger partial charge on any atom is 0.279 e. The first-order valence-corrected chi connectivity index (χ1v) is 6.28. The highest BCUT2D eigenvalue weighted by molar-refractivity contribution is 7.87. The number of hydrogen-bond donors (Lipinski definition) is 1. The summed E-state index contributed by atoms with van der Waals surface area (Å²) in [6.45, 7) is 4.89. The maximum absolute atomic E-state index is 11.6. The van der Waals surface area contributed by atoms with E-state index in [4.69, 9.17) is 0 Å². The van der Waals surface area contributed by atoms with E-state index in [1.54, 1.807) is 11.2 Å². The van der Waals surface area contributed by atoms with Crippen molar-refractivity contribution in [2.24, 2.45) is 0 Å². The van der Waals surface area contributed by atoms with Crippen molar-refractivity contribution >= 4 is 10.2 Å². The molecule has 4 nitrogen and oxygen atoms in total. The van der Waals surface area contributed by atoms with Crippen LogP contribution in [0.5, 0.6) is 0 Å². The minimum Gasteiger partial charge on any atom is -0.202 e. The van der Waals surface area contributed by atoms with Crippen LogP contribution in [0.4, 0.5) is 0 Å². The normalized spacial score (nSPS) is 26.2. The third-order valence-electron chi connectivity index (χ3n) is 2.38. The van der Waals surface area contributed by atoms with Gasteiger partial charge in [-0.05, 0) is 19.8 Å². The molecule has 0 amide bonds. The molecule has 0 spiro atoms. The van der Waals surface area contributed by atoms with E-state index in [2.05, 4.69) is 4.72 Å². The fraction of sp³-hybridized carbons (Fsp3) is 1.00. The van der Waals surface area contributed by atoms with Gasteiger partial charge in [0.05, 0.1) is 0 Å². The summed E-state index contributed by atoms with van der Waals surface area (Å²) in [4.78, 5) is 0. The summed E-state index contributed by atoms with van der Waals surface area (Å²) in [5, 5.41) is 0. The number of rotatable bonds is 3. The van der Waals surface area contributed by atoms with E-state index in [9.17, 15) is 8.42 Å². The molecule has 1 unspecified atom stereocenters. The number of hydrogen-bond acceptors (Lipinski definition) is 2. The summed E-state index contributed by atoms with van der Waals surface area (Å²) in [6.07, 6.45) is 3.10. The second-order valence-corrected chi connectivity index (χ2v) is 5.17. The molecule has 1 fully saturated rings. The fourth-order valence-electron chi connectivity index (χ4n) is 1.69. The van der Waals surface area contributed by atoms with Crippen molar-refractivity contribution < 1.29 is 8.42 Å². The van der Waals surface area contributed by atoms with Gasteiger partial charge in [-0.1, -0.05) is 13.3 Å². The van der Waals surface area contributed by atoms with Crippen molar-refractivity contribution in [1.82, 2.24) is 9.03 Å². The van der Waals surface area contributed by atoms with Gasteiger partial charge in [0, 0.05) is 19.1 Å².